The molecule has 0 aliphatic carbocycles. The lowest BCUT2D eigenvalue weighted by molar-refractivity contribution is 0.216. The molecule has 0 unspecified atom stereocenters. The molecule has 1 N–H and O–H groups in total. The highest BCUT2D eigenvalue weighted by Crippen LogP contribution is 2.39. The van der Waals surface area contributed by atoms with E-state index in [-0.39, 0.29) is 18.6 Å². The van der Waals surface area contributed by atoms with Gasteiger partial charge in [-0.25, -0.2) is 4.79 Å². The monoisotopic (exact) mass is 477 g/mol. The van der Waals surface area contributed by atoms with Crippen LogP contribution in [0.4, 0.5) is 10.6 Å². The van der Waals surface area contributed by atoms with Gasteiger partial charge in [0.2, 0.25) is 0 Å². The molecule has 4 rings (SSSR count). The molecule has 2 aromatic carbocycles. The van der Waals surface area contributed by atoms with Gasteiger partial charge in [-0.05, 0) is 43.2 Å². The Morgan fingerprint density at radius 2 is 1.91 bits per heavy atom. The van der Waals surface area contributed by atoms with Gasteiger partial charge in [0, 0.05) is 24.7 Å². The number of halogens is 1. The van der Waals surface area contributed by atoms with Gasteiger partial charge < -0.3 is 9.84 Å². The first-order chi connectivity index (χ1) is 16.5. The summed E-state index contributed by atoms with van der Waals surface area (Å²) in [7, 11) is 0. The molecule has 3 aromatic rings. The summed E-state index contributed by atoms with van der Waals surface area (Å²) in [5.41, 5.74) is 2.42. The third-order valence-electron chi connectivity index (χ3n) is 5.55. The van der Waals surface area contributed by atoms with Gasteiger partial charge in [0.05, 0.1) is 17.8 Å². The Morgan fingerprint density at radius 1 is 1.18 bits per heavy atom. The number of rotatable bonds is 8. The van der Waals surface area contributed by atoms with E-state index in [0.29, 0.717) is 59.6 Å². The van der Waals surface area contributed by atoms with Crippen LogP contribution in [0.2, 0.25) is 5.02 Å². The number of aliphatic hydroxyl groups is 1. The molecular formula is C25H24ClN5O3. The molecule has 8 nitrogen and oxygen atoms in total. The topological polar surface area (TPSA) is 94.6 Å². The molecule has 2 heterocycles. The van der Waals surface area contributed by atoms with E-state index >= 15 is 0 Å². The third kappa shape index (κ3) is 4.36. The number of imidazole rings is 1. The maximum absolute atomic E-state index is 13.2. The highest BCUT2D eigenvalue weighted by atomic mass is 35.5. The molecular weight excluding hydrogens is 454 g/mol. The van der Waals surface area contributed by atoms with Crippen molar-refractivity contribution < 1.29 is 14.6 Å². The normalized spacial score (nSPS) is 13.1. The zero-order valence-electron chi connectivity index (χ0n) is 18.7. The summed E-state index contributed by atoms with van der Waals surface area (Å²) in [5, 5.41) is 19.4. The van der Waals surface area contributed by atoms with Crippen LogP contribution in [0, 0.1) is 11.3 Å². The lowest BCUT2D eigenvalue weighted by Crippen LogP contribution is -2.47. The second-order valence-corrected chi connectivity index (χ2v) is 8.13. The minimum atomic E-state index is -0.256. The summed E-state index contributed by atoms with van der Waals surface area (Å²) < 4.78 is 7.98. The van der Waals surface area contributed by atoms with Crippen molar-refractivity contribution in [2.45, 2.75) is 19.9 Å². The molecule has 0 atom stereocenters. The van der Waals surface area contributed by atoms with E-state index < -0.39 is 0 Å². The van der Waals surface area contributed by atoms with Crippen LogP contribution in [0.5, 0.6) is 11.8 Å². The van der Waals surface area contributed by atoms with Crippen LogP contribution in [0.15, 0.2) is 55.1 Å². The number of aliphatic hydroxyl groups excluding tert-OH is 1. The fourth-order valence-corrected chi connectivity index (χ4v) is 3.99. The number of ether oxygens (including phenoxy) is 1. The number of fused-ring (bicyclic) bond motifs is 1. The van der Waals surface area contributed by atoms with Crippen LogP contribution in [-0.4, -0.2) is 45.3 Å². The number of carbonyl (C=O) groups excluding carboxylic acids is 1. The molecule has 0 saturated carbocycles. The summed E-state index contributed by atoms with van der Waals surface area (Å²) in [6.45, 7) is 7.10. The van der Waals surface area contributed by atoms with Gasteiger partial charge in [-0.3, -0.25) is 14.4 Å². The van der Waals surface area contributed by atoms with Gasteiger partial charge in [0.25, 0.3) is 0 Å². The number of hydrogen-bond acceptors (Lipinski definition) is 5. The van der Waals surface area contributed by atoms with Crippen molar-refractivity contribution in [1.29, 1.82) is 5.26 Å². The maximum Gasteiger partial charge on any atom is 0.330 e. The molecule has 1 aliphatic heterocycles. The second kappa shape index (κ2) is 10.00. The van der Waals surface area contributed by atoms with Crippen LogP contribution < -0.4 is 9.64 Å². The zero-order chi connectivity index (χ0) is 24.2. The average molecular weight is 478 g/mol. The van der Waals surface area contributed by atoms with Gasteiger partial charge in [0.15, 0.2) is 5.82 Å². The van der Waals surface area contributed by atoms with Gasteiger partial charge in [-0.1, -0.05) is 42.4 Å². The molecule has 0 fully saturated rings. The summed E-state index contributed by atoms with van der Waals surface area (Å²) in [6, 6.07) is 16.4. The first-order valence-electron chi connectivity index (χ1n) is 10.9. The minimum absolute atomic E-state index is 0.0423. The largest absolute Gasteiger partial charge is 0.424 e. The SMILES string of the molecule is C=C1c2c(nc(Oc3ccccc3C#N)n2Cc2ccc(Cl)cc2)N(CC)C(=O)N1CCCO. The van der Waals surface area contributed by atoms with Crippen LogP contribution >= 0.6 is 11.6 Å². The fraction of sp³-hybridized carbons (Fsp3) is 0.240. The second-order valence-electron chi connectivity index (χ2n) is 7.69. The molecule has 1 aromatic heterocycles. The minimum Gasteiger partial charge on any atom is -0.424 e. The summed E-state index contributed by atoms with van der Waals surface area (Å²) in [4.78, 5) is 21.0. The van der Waals surface area contributed by atoms with Crippen molar-refractivity contribution in [3.8, 4) is 17.8 Å². The number of urea groups is 1. The number of aromatic nitrogens is 2. The highest BCUT2D eigenvalue weighted by Gasteiger charge is 2.38. The number of hydrogen-bond donors (Lipinski definition) is 1. The van der Waals surface area contributed by atoms with Gasteiger partial charge >= 0.3 is 12.0 Å². The fourth-order valence-electron chi connectivity index (χ4n) is 3.86. The van der Waals surface area contributed by atoms with Gasteiger partial charge in [0.1, 0.15) is 17.5 Å². The van der Waals surface area contributed by atoms with Crippen molar-refractivity contribution in [2.24, 2.45) is 0 Å². The van der Waals surface area contributed by atoms with Crippen LogP contribution in [0.25, 0.3) is 5.70 Å². The quantitative estimate of drug-likeness (QED) is 0.499. The lowest BCUT2D eigenvalue weighted by Gasteiger charge is -2.35. The van der Waals surface area contributed by atoms with E-state index in [1.54, 1.807) is 46.2 Å². The highest BCUT2D eigenvalue weighted by molar-refractivity contribution is 6.30. The Balaban J connectivity index is 1.86. The average Bonchev–Trinajstić information content (AvgIpc) is 3.18. The number of nitriles is 1. The van der Waals surface area contributed by atoms with Crippen LogP contribution in [0.3, 0.4) is 0 Å². The molecule has 0 saturated heterocycles. The van der Waals surface area contributed by atoms with Crippen molar-refractivity contribution in [2.75, 3.05) is 24.6 Å². The molecule has 9 heteroatoms. The number of anilines is 1. The first-order valence-corrected chi connectivity index (χ1v) is 11.3. The number of para-hydroxylation sites is 1. The third-order valence-corrected chi connectivity index (χ3v) is 5.80. The van der Waals surface area contributed by atoms with E-state index in [9.17, 15) is 15.2 Å². The molecule has 34 heavy (non-hydrogen) atoms. The predicted octanol–water partition coefficient (Wildman–Crippen LogP) is 4.86. The number of amides is 2. The van der Waals surface area contributed by atoms with Crippen molar-refractivity contribution in [3.63, 3.8) is 0 Å². The molecule has 0 bridgehead atoms. The molecule has 174 valence electrons. The molecule has 1 aliphatic rings. The van der Waals surface area contributed by atoms with E-state index in [4.69, 9.17) is 16.3 Å². The first kappa shape index (κ1) is 23.4. The standard InChI is InChI=1S/C25H24ClN5O3/c1-3-29-23-22(17(2)30(25(29)33)13-6-14-32)31(16-18-9-11-20(26)12-10-18)24(28-23)34-21-8-5-4-7-19(21)15-27/h4-5,7-12,32H,2-3,6,13-14,16H2,1H3. The van der Waals surface area contributed by atoms with Crippen molar-refractivity contribution in [1.82, 2.24) is 14.5 Å². The summed E-state index contributed by atoms with van der Waals surface area (Å²) in [6.07, 6.45) is 0.419. The summed E-state index contributed by atoms with van der Waals surface area (Å²) >= 11 is 6.07. The number of nitrogens with zero attached hydrogens (tertiary/aromatic N) is 5. The van der Waals surface area contributed by atoms with Gasteiger partial charge in [-0.2, -0.15) is 10.2 Å². The number of carbonyl (C=O) groups is 1. The van der Waals surface area contributed by atoms with Crippen LogP contribution in [-0.2, 0) is 6.54 Å². The van der Waals surface area contributed by atoms with Crippen molar-refractivity contribution >= 4 is 29.1 Å². The Kier molecular flexibility index (Phi) is 6.87. The van der Waals surface area contributed by atoms with E-state index in [0.717, 1.165) is 5.56 Å². The Bertz CT molecular complexity index is 1260. The Labute approximate surface area is 202 Å². The number of benzene rings is 2. The van der Waals surface area contributed by atoms with Gasteiger partial charge in [-0.15, -0.1) is 0 Å². The Morgan fingerprint density at radius 3 is 2.59 bits per heavy atom. The molecule has 2 amide bonds. The molecule has 0 radical (unpaired) electrons. The van der Waals surface area contributed by atoms with E-state index in [1.807, 2.05) is 23.6 Å². The van der Waals surface area contributed by atoms with E-state index in [1.165, 1.54) is 0 Å². The molecule has 0 spiro atoms. The zero-order valence-corrected chi connectivity index (χ0v) is 19.5. The maximum atomic E-state index is 13.2. The van der Waals surface area contributed by atoms with E-state index in [2.05, 4.69) is 17.6 Å². The van der Waals surface area contributed by atoms with Crippen LogP contribution in [0.1, 0.15) is 30.2 Å². The summed E-state index contributed by atoms with van der Waals surface area (Å²) in [5.74, 6) is 0.804. The lowest BCUT2D eigenvalue weighted by atomic mass is 10.2. The Hall–Kier alpha value is -3.80. The van der Waals surface area contributed by atoms with Crippen molar-refractivity contribution in [3.05, 3.63) is 77.0 Å². The predicted molar refractivity (Wildman–Crippen MR) is 130 cm³/mol. The smallest absolute Gasteiger partial charge is 0.330 e.